The van der Waals surface area contributed by atoms with Crippen molar-refractivity contribution in [2.24, 2.45) is 5.92 Å². The summed E-state index contributed by atoms with van der Waals surface area (Å²) in [6, 6.07) is 5.07. The van der Waals surface area contributed by atoms with E-state index in [0.29, 0.717) is 0 Å². The van der Waals surface area contributed by atoms with E-state index in [1.54, 1.807) is 6.92 Å². The number of nitrogens with zero attached hydrogens (tertiary/aromatic N) is 2. The SMILES string of the molecule is C=CCOC(=O)CN1C(=O)[C@H]([C@@H](C)O[Si](C)(C)C(C)(C)C)[C@H]1SC(=O)Oc1ccc([N+](=O)[O-])cc1. The maximum Gasteiger partial charge on any atom is 0.374 e. The monoisotopic (exact) mass is 524 g/mol. The molecule has 1 aliphatic heterocycles. The summed E-state index contributed by atoms with van der Waals surface area (Å²) in [5.41, 5.74) is -0.136. The van der Waals surface area contributed by atoms with E-state index in [0.717, 1.165) is 11.8 Å². The molecule has 1 aromatic carbocycles. The summed E-state index contributed by atoms with van der Waals surface area (Å²) in [6.07, 6.45) is 0.926. The van der Waals surface area contributed by atoms with Crippen molar-refractivity contribution in [2.45, 2.75) is 57.3 Å². The van der Waals surface area contributed by atoms with Gasteiger partial charge in [0.15, 0.2) is 8.32 Å². The summed E-state index contributed by atoms with van der Waals surface area (Å²) in [4.78, 5) is 49.3. The number of thioether (sulfide) groups is 1. The van der Waals surface area contributed by atoms with Gasteiger partial charge in [-0.1, -0.05) is 33.4 Å². The van der Waals surface area contributed by atoms with Gasteiger partial charge in [0, 0.05) is 12.1 Å². The summed E-state index contributed by atoms with van der Waals surface area (Å²) >= 11 is 0.757. The van der Waals surface area contributed by atoms with Gasteiger partial charge >= 0.3 is 11.3 Å². The third-order valence-electron chi connectivity index (χ3n) is 6.10. The smallest absolute Gasteiger partial charge is 0.374 e. The third-order valence-corrected chi connectivity index (χ3v) is 11.7. The first-order valence-electron chi connectivity index (χ1n) is 11.1. The molecule has 1 heterocycles. The Hall–Kier alpha value is -2.70. The molecule has 1 saturated heterocycles. The van der Waals surface area contributed by atoms with E-state index in [1.165, 1.54) is 35.2 Å². The number of ether oxygens (including phenoxy) is 2. The number of β-lactam (4-membered cyclic amide) rings is 1. The number of likely N-dealkylation sites (tertiary alicyclic amines) is 1. The molecule has 0 aliphatic carbocycles. The number of esters is 1. The zero-order chi connectivity index (χ0) is 26.6. The number of non-ortho nitro benzene ring substituents is 1. The molecular weight excluding hydrogens is 492 g/mol. The van der Waals surface area contributed by atoms with Gasteiger partial charge in [-0.15, -0.1) is 0 Å². The molecule has 192 valence electrons. The van der Waals surface area contributed by atoms with Crippen molar-refractivity contribution in [3.8, 4) is 5.75 Å². The number of rotatable bonds is 10. The second-order valence-electron chi connectivity index (χ2n) is 9.66. The van der Waals surface area contributed by atoms with Crippen LogP contribution >= 0.6 is 11.8 Å². The molecule has 12 heteroatoms. The van der Waals surface area contributed by atoms with E-state index in [2.05, 4.69) is 40.4 Å². The molecule has 1 amide bonds. The predicted molar refractivity (Wildman–Crippen MR) is 135 cm³/mol. The van der Waals surface area contributed by atoms with E-state index in [4.69, 9.17) is 13.9 Å². The van der Waals surface area contributed by atoms with Crippen molar-refractivity contribution < 1.29 is 33.2 Å². The van der Waals surface area contributed by atoms with Gasteiger partial charge in [-0.2, -0.15) is 0 Å². The predicted octanol–water partition coefficient (Wildman–Crippen LogP) is 4.75. The lowest BCUT2D eigenvalue weighted by Crippen LogP contribution is -2.65. The highest BCUT2D eigenvalue weighted by atomic mass is 32.2. The Labute approximate surface area is 210 Å². The van der Waals surface area contributed by atoms with E-state index < -0.39 is 41.9 Å². The van der Waals surface area contributed by atoms with Gasteiger partial charge < -0.3 is 18.8 Å². The number of benzene rings is 1. The maximum atomic E-state index is 13.0. The molecule has 0 radical (unpaired) electrons. The van der Waals surface area contributed by atoms with Crippen molar-refractivity contribution in [3.63, 3.8) is 0 Å². The topological polar surface area (TPSA) is 125 Å². The number of hydrogen-bond donors (Lipinski definition) is 0. The molecule has 0 saturated carbocycles. The van der Waals surface area contributed by atoms with Gasteiger partial charge in [0.2, 0.25) is 5.91 Å². The second-order valence-corrected chi connectivity index (χ2v) is 15.5. The lowest BCUT2D eigenvalue weighted by Gasteiger charge is -2.49. The van der Waals surface area contributed by atoms with Gasteiger partial charge in [-0.25, -0.2) is 4.79 Å². The summed E-state index contributed by atoms with van der Waals surface area (Å²) in [5.74, 6) is -1.47. The molecular formula is C23H32N2O8SSi. The zero-order valence-electron chi connectivity index (χ0n) is 20.8. The Morgan fingerprint density at radius 2 is 1.89 bits per heavy atom. The van der Waals surface area contributed by atoms with Gasteiger partial charge in [0.05, 0.1) is 16.9 Å². The molecule has 0 N–H and O–H groups in total. The number of carbonyl (C=O) groups is 3. The number of amides is 1. The highest BCUT2D eigenvalue weighted by Crippen LogP contribution is 2.43. The number of hydrogen-bond acceptors (Lipinski definition) is 9. The Morgan fingerprint density at radius 3 is 2.40 bits per heavy atom. The summed E-state index contributed by atoms with van der Waals surface area (Å²) in [6.45, 7) is 15.4. The molecule has 0 bridgehead atoms. The Balaban J connectivity index is 2.17. The molecule has 0 unspecified atom stereocenters. The molecule has 1 fully saturated rings. The molecule has 0 spiro atoms. The Kier molecular flexibility index (Phi) is 9.26. The fourth-order valence-electron chi connectivity index (χ4n) is 3.19. The van der Waals surface area contributed by atoms with Crippen LogP contribution in [-0.2, 0) is 18.8 Å². The average molecular weight is 525 g/mol. The first kappa shape index (κ1) is 28.5. The quantitative estimate of drug-likeness (QED) is 0.106. The minimum atomic E-state index is -2.21. The zero-order valence-corrected chi connectivity index (χ0v) is 22.6. The number of nitro benzene ring substituents is 1. The largest absolute Gasteiger partial charge is 0.460 e. The molecule has 10 nitrogen and oxygen atoms in total. The molecule has 35 heavy (non-hydrogen) atoms. The first-order valence-corrected chi connectivity index (χ1v) is 14.8. The Morgan fingerprint density at radius 1 is 1.29 bits per heavy atom. The summed E-state index contributed by atoms with van der Waals surface area (Å²) < 4.78 is 16.7. The van der Waals surface area contributed by atoms with Crippen molar-refractivity contribution in [1.82, 2.24) is 4.90 Å². The van der Waals surface area contributed by atoms with Crippen LogP contribution in [0.3, 0.4) is 0 Å². The standard InChI is InChI=1S/C23H32N2O8SSi/c1-8-13-31-18(26)14-24-20(27)19(15(2)33-35(6,7)23(3,4)5)21(24)34-22(28)32-17-11-9-16(10-12-17)25(29)30/h8-12,15,19,21H,1,13-14H2,2-7H3/t15-,19+,21-/m1/s1. The molecule has 1 aromatic rings. The molecule has 1 aliphatic rings. The van der Waals surface area contributed by atoms with E-state index in [-0.39, 0.29) is 35.5 Å². The fourth-order valence-corrected chi connectivity index (χ4v) is 5.76. The fraction of sp³-hybridized carbons (Fsp3) is 0.522. The highest BCUT2D eigenvalue weighted by Gasteiger charge is 2.54. The van der Waals surface area contributed by atoms with Crippen molar-refractivity contribution in [2.75, 3.05) is 13.2 Å². The minimum Gasteiger partial charge on any atom is -0.460 e. The second kappa shape index (κ2) is 11.4. The number of nitro groups is 1. The molecule has 0 aromatic heterocycles. The van der Waals surface area contributed by atoms with Crippen molar-refractivity contribution in [1.29, 1.82) is 0 Å². The van der Waals surface area contributed by atoms with E-state index in [1.807, 2.05) is 0 Å². The highest BCUT2D eigenvalue weighted by molar-refractivity contribution is 8.13. The van der Waals surface area contributed by atoms with E-state index >= 15 is 0 Å². The van der Waals surface area contributed by atoms with Crippen LogP contribution in [0, 0.1) is 16.0 Å². The van der Waals surface area contributed by atoms with Crippen LogP contribution in [0.5, 0.6) is 5.75 Å². The van der Waals surface area contributed by atoms with Crippen LogP contribution in [0.4, 0.5) is 10.5 Å². The maximum absolute atomic E-state index is 13.0. The average Bonchev–Trinajstić information content (AvgIpc) is 2.74. The van der Waals surface area contributed by atoms with Gasteiger partial charge in [0.1, 0.15) is 24.3 Å². The van der Waals surface area contributed by atoms with Crippen LogP contribution in [0.1, 0.15) is 27.7 Å². The third kappa shape index (κ3) is 7.15. The number of carbonyl (C=O) groups excluding carboxylic acids is 3. The minimum absolute atomic E-state index is 0.00910. The van der Waals surface area contributed by atoms with Gasteiger partial charge in [0.25, 0.3) is 5.69 Å². The van der Waals surface area contributed by atoms with Crippen LogP contribution < -0.4 is 4.74 Å². The summed E-state index contributed by atoms with van der Waals surface area (Å²) in [7, 11) is -2.21. The molecule has 3 atom stereocenters. The lowest BCUT2D eigenvalue weighted by atomic mass is 9.93. The lowest BCUT2D eigenvalue weighted by molar-refractivity contribution is -0.384. The van der Waals surface area contributed by atoms with Gasteiger partial charge in [-0.3, -0.25) is 19.7 Å². The molecule has 2 rings (SSSR count). The van der Waals surface area contributed by atoms with Crippen LogP contribution in [-0.4, -0.2) is 59.9 Å². The summed E-state index contributed by atoms with van der Waals surface area (Å²) in [5, 5.41) is 9.31. The normalized spacial score (nSPS) is 18.9. The first-order chi connectivity index (χ1) is 16.2. The van der Waals surface area contributed by atoms with Crippen LogP contribution in [0.25, 0.3) is 0 Å². The Bertz CT molecular complexity index is 977. The van der Waals surface area contributed by atoms with E-state index in [9.17, 15) is 24.5 Å². The van der Waals surface area contributed by atoms with Crippen LogP contribution in [0.15, 0.2) is 36.9 Å². The van der Waals surface area contributed by atoms with Crippen molar-refractivity contribution in [3.05, 3.63) is 47.0 Å². The van der Waals surface area contributed by atoms with Crippen LogP contribution in [0.2, 0.25) is 18.1 Å². The van der Waals surface area contributed by atoms with Crippen molar-refractivity contribution >= 4 is 42.9 Å². The van der Waals surface area contributed by atoms with Gasteiger partial charge in [-0.05, 0) is 49.0 Å².